The molecule has 0 bridgehead atoms. The van der Waals surface area contributed by atoms with Crippen LogP contribution < -0.4 is 5.32 Å². The molecule has 0 radical (unpaired) electrons. The lowest BCUT2D eigenvalue weighted by Gasteiger charge is -2.30. The summed E-state index contributed by atoms with van der Waals surface area (Å²) in [5, 5.41) is 3.37. The van der Waals surface area contributed by atoms with Gasteiger partial charge in [-0.3, -0.25) is 9.59 Å². The quantitative estimate of drug-likeness (QED) is 0.540. The van der Waals surface area contributed by atoms with Crippen LogP contribution in [0.1, 0.15) is 27.5 Å². The van der Waals surface area contributed by atoms with Gasteiger partial charge in [0.25, 0.3) is 5.91 Å². The van der Waals surface area contributed by atoms with E-state index in [1.54, 1.807) is 42.5 Å². The SMILES string of the molecule is O=C1CN(C(=O)c2ccc(Cl)cc2)[C@@H](c2ccc(F)cc2)c2cc(Br)ccc2N1. The standard InChI is InChI=1S/C22H15BrClFN2O2/c23-15-5-10-19-18(11-15)21(13-3-8-17(25)9-4-13)27(12-20(28)26-19)22(29)14-1-6-16(24)7-2-14/h1-11,21H,12H2,(H,26,28)/t21-/m0/s1. The summed E-state index contributed by atoms with van der Waals surface area (Å²) in [4.78, 5) is 27.4. The van der Waals surface area contributed by atoms with Crippen molar-refractivity contribution in [2.24, 2.45) is 0 Å². The van der Waals surface area contributed by atoms with Crippen LogP contribution in [0.4, 0.5) is 10.1 Å². The fourth-order valence-corrected chi connectivity index (χ4v) is 3.93. The van der Waals surface area contributed by atoms with Gasteiger partial charge < -0.3 is 10.2 Å². The molecule has 2 amide bonds. The average molecular weight is 474 g/mol. The average Bonchev–Trinajstić information content (AvgIpc) is 2.84. The van der Waals surface area contributed by atoms with Crippen LogP contribution in [0.25, 0.3) is 0 Å². The van der Waals surface area contributed by atoms with Gasteiger partial charge in [-0.25, -0.2) is 4.39 Å². The van der Waals surface area contributed by atoms with Gasteiger partial charge in [-0.1, -0.05) is 39.7 Å². The van der Waals surface area contributed by atoms with Crippen LogP contribution in [0.3, 0.4) is 0 Å². The summed E-state index contributed by atoms with van der Waals surface area (Å²) in [5.74, 6) is -0.999. The molecule has 0 saturated heterocycles. The van der Waals surface area contributed by atoms with Crippen LogP contribution in [0.15, 0.2) is 71.2 Å². The van der Waals surface area contributed by atoms with Crippen molar-refractivity contribution in [2.75, 3.05) is 11.9 Å². The maximum absolute atomic E-state index is 13.5. The number of halogens is 3. The van der Waals surface area contributed by atoms with E-state index in [1.807, 2.05) is 12.1 Å². The molecule has 7 heteroatoms. The monoisotopic (exact) mass is 472 g/mol. The highest BCUT2D eigenvalue weighted by Crippen LogP contribution is 2.38. The Kier molecular flexibility index (Phi) is 5.39. The van der Waals surface area contributed by atoms with Gasteiger partial charge in [0.05, 0.1) is 6.04 Å². The number of hydrogen-bond donors (Lipinski definition) is 1. The zero-order valence-corrected chi connectivity index (χ0v) is 17.4. The van der Waals surface area contributed by atoms with Gasteiger partial charge >= 0.3 is 0 Å². The lowest BCUT2D eigenvalue weighted by molar-refractivity contribution is -0.117. The molecule has 3 aromatic rings. The Hall–Kier alpha value is -2.70. The molecule has 4 nitrogen and oxygen atoms in total. The summed E-state index contributed by atoms with van der Waals surface area (Å²) < 4.78 is 14.4. The van der Waals surface area contributed by atoms with Crippen LogP contribution in [-0.2, 0) is 4.79 Å². The molecular weight excluding hydrogens is 459 g/mol. The van der Waals surface area contributed by atoms with Crippen molar-refractivity contribution in [1.82, 2.24) is 4.90 Å². The van der Waals surface area contributed by atoms with Crippen molar-refractivity contribution in [3.63, 3.8) is 0 Å². The van der Waals surface area contributed by atoms with E-state index in [-0.39, 0.29) is 24.2 Å². The van der Waals surface area contributed by atoms with E-state index in [9.17, 15) is 14.0 Å². The van der Waals surface area contributed by atoms with Crippen molar-refractivity contribution in [2.45, 2.75) is 6.04 Å². The van der Waals surface area contributed by atoms with E-state index < -0.39 is 6.04 Å². The van der Waals surface area contributed by atoms with Gasteiger partial charge in [-0.05, 0) is 60.2 Å². The Bertz CT molecular complexity index is 1090. The molecule has 146 valence electrons. The Labute approximate surface area is 180 Å². The van der Waals surface area contributed by atoms with Crippen molar-refractivity contribution in [1.29, 1.82) is 0 Å². The van der Waals surface area contributed by atoms with Crippen molar-refractivity contribution in [3.8, 4) is 0 Å². The maximum Gasteiger partial charge on any atom is 0.255 e. The number of anilines is 1. The largest absolute Gasteiger partial charge is 0.324 e. The summed E-state index contributed by atoms with van der Waals surface area (Å²) in [7, 11) is 0. The lowest BCUT2D eigenvalue weighted by Crippen LogP contribution is -2.39. The highest BCUT2D eigenvalue weighted by molar-refractivity contribution is 9.10. The van der Waals surface area contributed by atoms with E-state index in [1.165, 1.54) is 17.0 Å². The zero-order valence-electron chi connectivity index (χ0n) is 15.0. The molecule has 1 atom stereocenters. The molecular formula is C22H15BrClFN2O2. The highest BCUT2D eigenvalue weighted by Gasteiger charge is 2.34. The second-order valence-corrected chi connectivity index (χ2v) is 8.03. The smallest absolute Gasteiger partial charge is 0.255 e. The van der Waals surface area contributed by atoms with Gasteiger partial charge in [0.2, 0.25) is 5.91 Å². The zero-order chi connectivity index (χ0) is 20.5. The first-order chi connectivity index (χ1) is 13.9. The minimum atomic E-state index is -0.578. The van der Waals surface area contributed by atoms with E-state index in [0.717, 1.165) is 10.0 Å². The first kappa shape index (κ1) is 19.6. The van der Waals surface area contributed by atoms with Crippen LogP contribution in [0.5, 0.6) is 0 Å². The van der Waals surface area contributed by atoms with Crippen LogP contribution in [-0.4, -0.2) is 23.3 Å². The summed E-state index contributed by atoms with van der Waals surface area (Å²) in [6.45, 7) is -0.143. The first-order valence-corrected chi connectivity index (χ1v) is 10.0. The summed E-state index contributed by atoms with van der Waals surface area (Å²) in [6, 6.07) is 17.3. The number of rotatable bonds is 2. The minimum absolute atomic E-state index is 0.143. The van der Waals surface area contributed by atoms with Gasteiger partial charge in [0, 0.05) is 26.3 Å². The van der Waals surface area contributed by atoms with Gasteiger partial charge in [-0.15, -0.1) is 0 Å². The van der Waals surface area contributed by atoms with E-state index in [0.29, 0.717) is 21.8 Å². The van der Waals surface area contributed by atoms with Crippen LogP contribution in [0.2, 0.25) is 5.02 Å². The van der Waals surface area contributed by atoms with E-state index in [4.69, 9.17) is 11.6 Å². The molecule has 0 fully saturated rings. The molecule has 0 unspecified atom stereocenters. The maximum atomic E-state index is 13.5. The minimum Gasteiger partial charge on any atom is -0.324 e. The number of fused-ring (bicyclic) bond motifs is 1. The van der Waals surface area contributed by atoms with Crippen molar-refractivity contribution in [3.05, 3.63) is 98.7 Å². The number of benzene rings is 3. The molecule has 3 aromatic carbocycles. The molecule has 1 aliphatic rings. The Morgan fingerprint density at radius 1 is 1.07 bits per heavy atom. The van der Waals surface area contributed by atoms with Crippen LogP contribution in [0, 0.1) is 5.82 Å². The second kappa shape index (κ2) is 7.97. The number of carbonyl (C=O) groups excluding carboxylic acids is 2. The molecule has 29 heavy (non-hydrogen) atoms. The molecule has 1 N–H and O–H groups in total. The molecule has 0 saturated carbocycles. The lowest BCUT2D eigenvalue weighted by atomic mass is 9.95. The third-order valence-electron chi connectivity index (χ3n) is 4.75. The summed E-state index contributed by atoms with van der Waals surface area (Å²) in [6.07, 6.45) is 0. The fourth-order valence-electron chi connectivity index (χ4n) is 3.43. The third-order valence-corrected chi connectivity index (χ3v) is 5.49. The summed E-state index contributed by atoms with van der Waals surface area (Å²) in [5.41, 5.74) is 2.45. The van der Waals surface area contributed by atoms with Crippen molar-refractivity contribution < 1.29 is 14.0 Å². The molecule has 0 aliphatic carbocycles. The Morgan fingerprint density at radius 2 is 1.76 bits per heavy atom. The van der Waals surface area contributed by atoms with E-state index in [2.05, 4.69) is 21.2 Å². The third kappa shape index (κ3) is 4.04. The first-order valence-electron chi connectivity index (χ1n) is 8.83. The van der Waals surface area contributed by atoms with Crippen LogP contribution >= 0.6 is 27.5 Å². The molecule has 0 spiro atoms. The number of carbonyl (C=O) groups is 2. The summed E-state index contributed by atoms with van der Waals surface area (Å²) >= 11 is 9.41. The predicted octanol–water partition coefficient (Wildman–Crippen LogP) is 5.43. The predicted molar refractivity (Wildman–Crippen MR) is 114 cm³/mol. The molecule has 0 aromatic heterocycles. The number of nitrogens with zero attached hydrogens (tertiary/aromatic N) is 1. The molecule has 1 heterocycles. The Balaban J connectivity index is 1.88. The van der Waals surface area contributed by atoms with Gasteiger partial charge in [-0.2, -0.15) is 0 Å². The van der Waals surface area contributed by atoms with Gasteiger partial charge in [0.15, 0.2) is 0 Å². The number of hydrogen-bond acceptors (Lipinski definition) is 2. The fraction of sp³-hybridized carbons (Fsp3) is 0.0909. The van der Waals surface area contributed by atoms with Crippen molar-refractivity contribution >= 4 is 45.0 Å². The highest BCUT2D eigenvalue weighted by atomic mass is 79.9. The second-order valence-electron chi connectivity index (χ2n) is 6.67. The Morgan fingerprint density at radius 3 is 2.45 bits per heavy atom. The molecule has 4 rings (SSSR count). The topological polar surface area (TPSA) is 49.4 Å². The normalized spacial score (nSPS) is 16.0. The molecule has 1 aliphatic heterocycles. The van der Waals surface area contributed by atoms with E-state index >= 15 is 0 Å². The number of nitrogens with one attached hydrogen (secondary N) is 1. The van der Waals surface area contributed by atoms with Gasteiger partial charge in [0.1, 0.15) is 12.4 Å². The number of amides is 2.